The average Bonchev–Trinajstić information content (AvgIpc) is 3.43. The van der Waals surface area contributed by atoms with Gasteiger partial charge in [0.25, 0.3) is 23.6 Å². The van der Waals surface area contributed by atoms with Gasteiger partial charge in [-0.25, -0.2) is 0 Å². The largest absolute Gasteiger partial charge is 0.483 e. The highest BCUT2D eigenvalue weighted by Gasteiger charge is 2.34. The molecule has 76 heavy (non-hydrogen) atoms. The number of benzene rings is 4. The molecule has 416 valence electrons. The lowest BCUT2D eigenvalue weighted by Crippen LogP contribution is -2.58. The minimum absolute atomic E-state index is 0.0188. The molecule has 24 nitrogen and oxygen atoms in total. The topological polar surface area (TPSA) is 396 Å². The van der Waals surface area contributed by atoms with Crippen molar-refractivity contribution in [2.24, 2.45) is 0 Å². The second kappa shape index (κ2) is 28.0. The molecule has 8 bridgehead atoms. The van der Waals surface area contributed by atoms with E-state index >= 15 is 0 Å². The molecule has 0 fully saturated rings. The number of carbonyl (C=O) groups is 4. The molecule has 0 saturated heterocycles. The highest BCUT2D eigenvalue weighted by atomic mass is 16.5. The number of nitrogens with one attached hydrogen (secondary N) is 4. The smallest absolute Gasteiger partial charge is 0.258 e. The van der Waals surface area contributed by atoms with E-state index in [0.717, 1.165) is 0 Å². The zero-order valence-corrected chi connectivity index (χ0v) is 41.7. The van der Waals surface area contributed by atoms with Crippen molar-refractivity contribution in [2.45, 2.75) is 47.8 Å². The molecule has 0 saturated carbocycles. The molecule has 4 aromatic carbocycles. The molecule has 1 aliphatic rings. The number of hydrogen-bond donors (Lipinski definition) is 16. The number of fused-ring (bicyclic) bond motifs is 8. The van der Waals surface area contributed by atoms with Crippen LogP contribution in [0.15, 0.2) is 72.8 Å². The molecule has 0 radical (unpaired) electrons. The van der Waals surface area contributed by atoms with Crippen LogP contribution in [0, 0.1) is 0 Å². The van der Waals surface area contributed by atoms with Gasteiger partial charge in [0.05, 0.1) is 79.3 Å². The quantitative estimate of drug-likeness (QED) is 0.0223. The Kier molecular flexibility index (Phi) is 22.3. The van der Waals surface area contributed by atoms with Crippen molar-refractivity contribution in [3.05, 3.63) is 117 Å². The van der Waals surface area contributed by atoms with Crippen LogP contribution >= 0.6 is 0 Å². The molecular weight excluding hydrogens is 1000 g/mol. The van der Waals surface area contributed by atoms with Crippen molar-refractivity contribution in [2.75, 3.05) is 106 Å². The summed E-state index contributed by atoms with van der Waals surface area (Å²) < 4.78 is 25.2. The molecule has 0 atom stereocenters. The van der Waals surface area contributed by atoms with E-state index in [1.807, 2.05) is 0 Å². The van der Waals surface area contributed by atoms with E-state index in [4.69, 9.17) is 18.9 Å². The van der Waals surface area contributed by atoms with Gasteiger partial charge >= 0.3 is 0 Å². The van der Waals surface area contributed by atoms with Crippen LogP contribution < -0.4 is 40.2 Å². The van der Waals surface area contributed by atoms with Crippen LogP contribution in [-0.2, 0) is 44.9 Å². The molecule has 0 unspecified atom stereocenters. The standard InChI is InChI=1S/C52H68N4O20/c57-21-49(22-58,23-59)53-41(69)17-73-45-33-5-1-6-34(45)14-36-8-3-10-38(47(36)75-19-43(71)55-51(27-63,28-64)29-65)16-40-12-4-11-39(48(40)76-20-44(72)56-52(30-66,31-67)32-68)15-37-9-2-7-35(13-33)46(37)74-18-42(70)54-50(24-60,25-61)26-62/h1-12,57-68H,13-32H2,(H,53,69)(H,54,70)(H,55,71)(H,56,72). The first-order chi connectivity index (χ1) is 36.5. The lowest BCUT2D eigenvalue weighted by molar-refractivity contribution is -0.128. The molecule has 0 spiro atoms. The van der Waals surface area contributed by atoms with Gasteiger partial charge in [0.2, 0.25) is 0 Å². The Bertz CT molecular complexity index is 2120. The van der Waals surface area contributed by atoms with Crippen molar-refractivity contribution >= 4 is 23.6 Å². The van der Waals surface area contributed by atoms with E-state index in [-0.39, 0.29) is 48.7 Å². The minimum atomic E-state index is -1.79. The maximum absolute atomic E-state index is 13.4. The Morgan fingerprint density at radius 3 is 0.579 bits per heavy atom. The third-order valence-corrected chi connectivity index (χ3v) is 12.9. The number of amides is 4. The van der Waals surface area contributed by atoms with Crippen molar-refractivity contribution in [3.8, 4) is 23.0 Å². The minimum Gasteiger partial charge on any atom is -0.483 e. The van der Waals surface area contributed by atoms with Crippen molar-refractivity contribution in [1.29, 1.82) is 0 Å². The first-order valence-electron chi connectivity index (χ1n) is 24.0. The van der Waals surface area contributed by atoms with E-state index in [2.05, 4.69) is 21.3 Å². The van der Waals surface area contributed by atoms with Crippen LogP contribution in [0.4, 0.5) is 0 Å². The highest BCUT2D eigenvalue weighted by Crippen LogP contribution is 2.39. The Hall–Kier alpha value is -6.52. The summed E-state index contributed by atoms with van der Waals surface area (Å²) >= 11 is 0. The number of carbonyl (C=O) groups excluding carboxylic acids is 4. The normalized spacial score (nSPS) is 12.8. The van der Waals surface area contributed by atoms with E-state index < -0.39 is 151 Å². The van der Waals surface area contributed by atoms with Crippen LogP contribution in [0.25, 0.3) is 0 Å². The maximum Gasteiger partial charge on any atom is 0.258 e. The SMILES string of the molecule is O=C(COc1c2cccc1Cc1cccc(c1OCC(=O)NC(CO)(CO)CO)Cc1cccc(c1OCC(=O)NC(CO)(CO)CO)Cc1cccc(c1OCC(=O)NC(CO)(CO)CO)C2)NC(CO)(CO)CO. The fourth-order valence-corrected chi connectivity index (χ4v) is 8.18. The van der Waals surface area contributed by atoms with Gasteiger partial charge in [-0.2, -0.15) is 0 Å². The van der Waals surface area contributed by atoms with Crippen LogP contribution in [0.1, 0.15) is 44.5 Å². The summed E-state index contributed by atoms with van der Waals surface area (Å²) in [5.74, 6) is -2.63. The highest BCUT2D eigenvalue weighted by molar-refractivity contribution is 5.80. The molecular formula is C52H68N4O20. The summed E-state index contributed by atoms with van der Waals surface area (Å²) in [4.78, 5) is 53.8. The van der Waals surface area contributed by atoms with Crippen LogP contribution in [-0.4, -0.2) is 213 Å². The molecule has 16 N–H and O–H groups in total. The molecule has 4 amide bonds. The molecule has 5 rings (SSSR count). The third-order valence-electron chi connectivity index (χ3n) is 12.9. The van der Waals surface area contributed by atoms with Crippen molar-refractivity contribution < 1.29 is 99.4 Å². The predicted octanol–water partition coefficient (Wildman–Crippen LogP) is -4.79. The van der Waals surface area contributed by atoms with Crippen molar-refractivity contribution in [3.63, 3.8) is 0 Å². The van der Waals surface area contributed by atoms with Gasteiger partial charge in [0.1, 0.15) is 45.2 Å². The summed E-state index contributed by atoms with van der Waals surface area (Å²) in [6, 6.07) is 20.5. The maximum atomic E-state index is 13.4. The second-order valence-corrected chi connectivity index (χ2v) is 18.7. The van der Waals surface area contributed by atoms with Crippen LogP contribution in [0.5, 0.6) is 23.0 Å². The summed E-state index contributed by atoms with van der Waals surface area (Å²) in [6.45, 7) is -12.5. The van der Waals surface area contributed by atoms with Gasteiger partial charge in [-0.05, 0) is 44.5 Å². The molecule has 1 aliphatic carbocycles. The van der Waals surface area contributed by atoms with Gasteiger partial charge in [-0.15, -0.1) is 0 Å². The Labute approximate surface area is 437 Å². The Morgan fingerprint density at radius 1 is 0.303 bits per heavy atom. The summed E-state index contributed by atoms with van der Waals surface area (Å²) in [6.07, 6.45) is -0.0751. The summed E-state index contributed by atoms with van der Waals surface area (Å²) in [5, 5.41) is 129. The number of aliphatic hydroxyl groups is 12. The lowest BCUT2D eigenvalue weighted by atomic mass is 9.91. The van der Waals surface area contributed by atoms with Gasteiger partial charge in [0.15, 0.2) is 26.4 Å². The molecule has 4 aromatic rings. The molecule has 0 aliphatic heterocycles. The van der Waals surface area contributed by atoms with Crippen molar-refractivity contribution in [1.82, 2.24) is 21.3 Å². The van der Waals surface area contributed by atoms with Crippen LogP contribution in [0.2, 0.25) is 0 Å². The van der Waals surface area contributed by atoms with E-state index in [1.165, 1.54) is 0 Å². The van der Waals surface area contributed by atoms with E-state index in [0.29, 0.717) is 44.5 Å². The van der Waals surface area contributed by atoms with Gasteiger partial charge in [0, 0.05) is 25.7 Å². The van der Waals surface area contributed by atoms with E-state index in [1.54, 1.807) is 72.8 Å². The molecule has 0 aromatic heterocycles. The predicted molar refractivity (Wildman–Crippen MR) is 267 cm³/mol. The number of aliphatic hydroxyl groups excluding tert-OH is 12. The first kappa shape index (κ1) is 60.3. The monoisotopic (exact) mass is 1070 g/mol. The first-order valence-corrected chi connectivity index (χ1v) is 24.0. The third kappa shape index (κ3) is 14.9. The Morgan fingerprint density at radius 2 is 0.447 bits per heavy atom. The van der Waals surface area contributed by atoms with Gasteiger partial charge < -0.3 is 101 Å². The number of hydrogen-bond acceptors (Lipinski definition) is 20. The average molecular weight is 1070 g/mol. The summed E-state index contributed by atoms with van der Waals surface area (Å²) in [7, 11) is 0. The Balaban J connectivity index is 1.72. The van der Waals surface area contributed by atoms with Gasteiger partial charge in [-0.1, -0.05) is 72.8 Å². The zero-order valence-electron chi connectivity index (χ0n) is 41.7. The second-order valence-electron chi connectivity index (χ2n) is 18.7. The fraction of sp³-hybridized carbons (Fsp3) is 0.462. The number of rotatable bonds is 28. The zero-order chi connectivity index (χ0) is 55.5. The summed E-state index contributed by atoms with van der Waals surface area (Å²) in [5.41, 5.74) is -3.53. The molecule has 24 heteroatoms. The fourth-order valence-electron chi connectivity index (χ4n) is 8.18. The van der Waals surface area contributed by atoms with E-state index in [9.17, 15) is 80.5 Å². The lowest BCUT2D eigenvalue weighted by Gasteiger charge is -2.29. The van der Waals surface area contributed by atoms with Crippen LogP contribution in [0.3, 0.4) is 0 Å². The molecule has 0 heterocycles. The number of ether oxygens (including phenoxy) is 4. The number of para-hydroxylation sites is 4. The van der Waals surface area contributed by atoms with Gasteiger partial charge in [-0.3, -0.25) is 19.2 Å².